The van der Waals surface area contributed by atoms with E-state index in [1.165, 1.54) is 25.0 Å². The first-order valence-corrected chi connectivity index (χ1v) is 5.89. The third kappa shape index (κ3) is 2.01. The van der Waals surface area contributed by atoms with Gasteiger partial charge in [-0.25, -0.2) is 0 Å². The molecule has 15 heavy (non-hydrogen) atoms. The van der Waals surface area contributed by atoms with Crippen molar-refractivity contribution in [2.45, 2.75) is 46.1 Å². The van der Waals surface area contributed by atoms with Crippen molar-refractivity contribution in [2.75, 3.05) is 5.73 Å². The molecule has 84 valence electrons. The molecule has 0 saturated heterocycles. The highest BCUT2D eigenvalue weighted by molar-refractivity contribution is 5.29. The van der Waals surface area contributed by atoms with Crippen LogP contribution in [0.2, 0.25) is 0 Å². The molecule has 1 heterocycles. The molecule has 1 aromatic heterocycles. The molecule has 3 atom stereocenters. The van der Waals surface area contributed by atoms with Crippen molar-refractivity contribution >= 4 is 5.82 Å². The standard InChI is InChI=1S/C12H21N3/c1-8-4-5-11(6-9(8)2)15-10(3)7-12(13)14-15/h7-9,11H,4-6H2,1-3H3,(H2,13,14). The molecule has 1 aliphatic rings. The van der Waals surface area contributed by atoms with E-state index in [-0.39, 0.29) is 0 Å². The Labute approximate surface area is 91.7 Å². The lowest BCUT2D eigenvalue weighted by atomic mass is 9.79. The van der Waals surface area contributed by atoms with Gasteiger partial charge in [-0.3, -0.25) is 4.68 Å². The average Bonchev–Trinajstić information content (AvgIpc) is 2.50. The van der Waals surface area contributed by atoms with E-state index in [0.717, 1.165) is 11.8 Å². The summed E-state index contributed by atoms with van der Waals surface area (Å²) in [6.45, 7) is 6.79. The summed E-state index contributed by atoms with van der Waals surface area (Å²) in [6, 6.07) is 2.52. The zero-order valence-corrected chi connectivity index (χ0v) is 9.90. The van der Waals surface area contributed by atoms with Gasteiger partial charge in [-0.15, -0.1) is 0 Å². The number of nitrogens with two attached hydrogens (primary N) is 1. The van der Waals surface area contributed by atoms with Gasteiger partial charge in [0.1, 0.15) is 5.82 Å². The van der Waals surface area contributed by atoms with Crippen molar-refractivity contribution in [3.63, 3.8) is 0 Å². The van der Waals surface area contributed by atoms with Crippen LogP contribution >= 0.6 is 0 Å². The van der Waals surface area contributed by atoms with E-state index in [2.05, 4.69) is 30.6 Å². The highest BCUT2D eigenvalue weighted by Gasteiger charge is 2.26. The van der Waals surface area contributed by atoms with Crippen molar-refractivity contribution in [3.05, 3.63) is 11.8 Å². The quantitative estimate of drug-likeness (QED) is 0.769. The minimum absolute atomic E-state index is 0.563. The fourth-order valence-corrected chi connectivity index (χ4v) is 2.62. The highest BCUT2D eigenvalue weighted by atomic mass is 15.3. The van der Waals surface area contributed by atoms with Crippen LogP contribution in [-0.4, -0.2) is 9.78 Å². The fraction of sp³-hybridized carbons (Fsp3) is 0.750. The maximum Gasteiger partial charge on any atom is 0.145 e. The molecule has 0 aromatic carbocycles. The molecule has 3 nitrogen and oxygen atoms in total. The van der Waals surface area contributed by atoms with Crippen LogP contribution in [0.1, 0.15) is 44.8 Å². The SMILES string of the molecule is Cc1cc(N)nn1C1CCC(C)C(C)C1. The van der Waals surface area contributed by atoms with Crippen LogP contribution in [0, 0.1) is 18.8 Å². The van der Waals surface area contributed by atoms with Crippen LogP contribution in [0.3, 0.4) is 0 Å². The van der Waals surface area contributed by atoms with Gasteiger partial charge in [0.2, 0.25) is 0 Å². The smallest absolute Gasteiger partial charge is 0.145 e. The first kappa shape index (κ1) is 10.5. The molecular formula is C12H21N3. The summed E-state index contributed by atoms with van der Waals surface area (Å²) < 4.78 is 2.12. The van der Waals surface area contributed by atoms with Gasteiger partial charge in [-0.2, -0.15) is 5.10 Å². The number of nitrogen functional groups attached to an aromatic ring is 1. The minimum Gasteiger partial charge on any atom is -0.382 e. The van der Waals surface area contributed by atoms with E-state index in [0.29, 0.717) is 11.9 Å². The second-order valence-corrected chi connectivity index (χ2v) is 5.08. The Kier molecular flexibility index (Phi) is 2.72. The third-order valence-corrected chi connectivity index (χ3v) is 3.86. The average molecular weight is 207 g/mol. The normalized spacial score (nSPS) is 31.8. The summed E-state index contributed by atoms with van der Waals surface area (Å²) in [7, 11) is 0. The largest absolute Gasteiger partial charge is 0.382 e. The molecular weight excluding hydrogens is 186 g/mol. The summed E-state index contributed by atoms with van der Waals surface area (Å²) in [6.07, 6.45) is 3.79. The van der Waals surface area contributed by atoms with Crippen LogP contribution < -0.4 is 5.73 Å². The predicted octanol–water partition coefficient (Wildman–Crippen LogP) is 2.77. The summed E-state index contributed by atoms with van der Waals surface area (Å²) in [5.74, 6) is 2.31. The van der Waals surface area contributed by atoms with E-state index in [9.17, 15) is 0 Å². The van der Waals surface area contributed by atoms with Crippen molar-refractivity contribution in [1.29, 1.82) is 0 Å². The Morgan fingerprint density at radius 1 is 1.33 bits per heavy atom. The van der Waals surface area contributed by atoms with Gasteiger partial charge in [0.05, 0.1) is 6.04 Å². The van der Waals surface area contributed by atoms with Crippen LogP contribution in [-0.2, 0) is 0 Å². The van der Waals surface area contributed by atoms with Gasteiger partial charge in [0, 0.05) is 11.8 Å². The van der Waals surface area contributed by atoms with E-state index >= 15 is 0 Å². The van der Waals surface area contributed by atoms with Crippen molar-refractivity contribution in [1.82, 2.24) is 9.78 Å². The molecule has 3 unspecified atom stereocenters. The van der Waals surface area contributed by atoms with Gasteiger partial charge in [0.25, 0.3) is 0 Å². The van der Waals surface area contributed by atoms with Crippen LogP contribution in [0.5, 0.6) is 0 Å². The second-order valence-electron chi connectivity index (χ2n) is 5.08. The molecule has 3 heteroatoms. The van der Waals surface area contributed by atoms with Crippen molar-refractivity contribution in [3.8, 4) is 0 Å². The van der Waals surface area contributed by atoms with E-state index < -0.39 is 0 Å². The topological polar surface area (TPSA) is 43.8 Å². The van der Waals surface area contributed by atoms with Crippen molar-refractivity contribution < 1.29 is 0 Å². The Hall–Kier alpha value is -0.990. The summed E-state index contributed by atoms with van der Waals surface area (Å²) in [5.41, 5.74) is 6.91. The fourth-order valence-electron chi connectivity index (χ4n) is 2.62. The number of hydrogen-bond acceptors (Lipinski definition) is 2. The summed E-state index contributed by atoms with van der Waals surface area (Å²) in [5, 5.41) is 4.39. The molecule has 1 aliphatic carbocycles. The van der Waals surface area contributed by atoms with E-state index in [1.54, 1.807) is 0 Å². The zero-order valence-electron chi connectivity index (χ0n) is 9.90. The maximum absolute atomic E-state index is 5.72. The Morgan fingerprint density at radius 2 is 2.07 bits per heavy atom. The molecule has 2 N–H and O–H groups in total. The molecule has 1 saturated carbocycles. The van der Waals surface area contributed by atoms with E-state index in [1.807, 2.05) is 6.07 Å². The second kappa shape index (κ2) is 3.87. The monoisotopic (exact) mass is 207 g/mol. The Bertz CT molecular complexity index is 343. The van der Waals surface area contributed by atoms with Gasteiger partial charge < -0.3 is 5.73 Å². The molecule has 0 spiro atoms. The number of aromatic nitrogens is 2. The van der Waals surface area contributed by atoms with Gasteiger partial charge in [-0.05, 0) is 38.0 Å². The Balaban J connectivity index is 2.15. The lowest BCUT2D eigenvalue weighted by Crippen LogP contribution is -2.24. The Morgan fingerprint density at radius 3 is 2.60 bits per heavy atom. The van der Waals surface area contributed by atoms with E-state index in [4.69, 9.17) is 5.73 Å². The number of rotatable bonds is 1. The maximum atomic E-state index is 5.72. The molecule has 1 fully saturated rings. The number of aryl methyl sites for hydroxylation is 1. The lowest BCUT2D eigenvalue weighted by molar-refractivity contribution is 0.199. The number of nitrogens with zero attached hydrogens (tertiary/aromatic N) is 2. The zero-order chi connectivity index (χ0) is 11.0. The first-order valence-electron chi connectivity index (χ1n) is 5.89. The molecule has 1 aromatic rings. The van der Waals surface area contributed by atoms with Gasteiger partial charge >= 0.3 is 0 Å². The van der Waals surface area contributed by atoms with Crippen LogP contribution in [0.4, 0.5) is 5.82 Å². The van der Waals surface area contributed by atoms with Gasteiger partial charge in [-0.1, -0.05) is 13.8 Å². The third-order valence-electron chi connectivity index (χ3n) is 3.86. The number of anilines is 1. The van der Waals surface area contributed by atoms with Crippen LogP contribution in [0.25, 0.3) is 0 Å². The highest BCUT2D eigenvalue weighted by Crippen LogP contribution is 2.36. The van der Waals surface area contributed by atoms with Crippen LogP contribution in [0.15, 0.2) is 6.07 Å². The molecule has 0 aliphatic heterocycles. The molecule has 0 bridgehead atoms. The molecule has 2 rings (SSSR count). The first-order chi connectivity index (χ1) is 7.08. The summed E-state index contributed by atoms with van der Waals surface area (Å²) in [4.78, 5) is 0. The lowest BCUT2D eigenvalue weighted by Gasteiger charge is -2.32. The summed E-state index contributed by atoms with van der Waals surface area (Å²) >= 11 is 0. The number of hydrogen-bond donors (Lipinski definition) is 1. The molecule has 0 radical (unpaired) electrons. The van der Waals surface area contributed by atoms with Gasteiger partial charge in [0.15, 0.2) is 0 Å². The predicted molar refractivity (Wildman–Crippen MR) is 62.6 cm³/mol. The molecule has 0 amide bonds. The van der Waals surface area contributed by atoms with Crippen molar-refractivity contribution in [2.24, 2.45) is 11.8 Å². The minimum atomic E-state index is 0.563.